The van der Waals surface area contributed by atoms with E-state index in [1.165, 1.54) is 0 Å². The van der Waals surface area contributed by atoms with Gasteiger partial charge in [-0.05, 0) is 24.1 Å². The molecular formula is C12H13F6NO2S. The van der Waals surface area contributed by atoms with Gasteiger partial charge in [-0.1, -0.05) is 13.8 Å². The van der Waals surface area contributed by atoms with Gasteiger partial charge in [0.15, 0.2) is 0 Å². The van der Waals surface area contributed by atoms with Crippen molar-refractivity contribution in [3.8, 4) is 0 Å². The summed E-state index contributed by atoms with van der Waals surface area (Å²) in [6.45, 7) is 2.99. The molecule has 0 saturated carbocycles. The zero-order chi connectivity index (χ0) is 17.3. The van der Waals surface area contributed by atoms with E-state index in [2.05, 4.69) is 0 Å². The van der Waals surface area contributed by atoms with E-state index in [0.29, 0.717) is 0 Å². The van der Waals surface area contributed by atoms with Gasteiger partial charge in [0.25, 0.3) is 0 Å². The summed E-state index contributed by atoms with van der Waals surface area (Å²) in [6, 6.07) is 0.308. The highest BCUT2D eigenvalue weighted by molar-refractivity contribution is 7.89. The predicted molar refractivity (Wildman–Crippen MR) is 66.5 cm³/mol. The minimum Gasteiger partial charge on any atom is -0.211 e. The van der Waals surface area contributed by atoms with E-state index in [0.717, 1.165) is 0 Å². The Hall–Kier alpha value is -1.29. The number of halogens is 6. The Balaban J connectivity index is 3.47. The standard InChI is InChI=1S/C12H13F6NO2S/c1-7(2)6-19-22(20,21)10-5-8(11(13,14)15)3-4-9(10)12(16,17)18/h3-5,7,19H,6H2,1-2H3. The van der Waals surface area contributed by atoms with Crippen molar-refractivity contribution in [3.63, 3.8) is 0 Å². The summed E-state index contributed by atoms with van der Waals surface area (Å²) in [4.78, 5) is -1.43. The Morgan fingerprint density at radius 3 is 2.00 bits per heavy atom. The molecule has 0 aliphatic carbocycles. The van der Waals surface area contributed by atoms with Crippen molar-refractivity contribution in [2.24, 2.45) is 5.92 Å². The molecule has 10 heteroatoms. The van der Waals surface area contributed by atoms with E-state index >= 15 is 0 Å². The van der Waals surface area contributed by atoms with Crippen molar-refractivity contribution < 1.29 is 34.8 Å². The van der Waals surface area contributed by atoms with E-state index < -0.39 is 38.4 Å². The first-order valence-electron chi connectivity index (χ1n) is 6.03. The van der Waals surface area contributed by atoms with Crippen molar-refractivity contribution in [1.82, 2.24) is 4.72 Å². The largest absolute Gasteiger partial charge is 0.417 e. The molecule has 0 bridgehead atoms. The summed E-state index contributed by atoms with van der Waals surface area (Å²) >= 11 is 0. The molecule has 22 heavy (non-hydrogen) atoms. The SMILES string of the molecule is CC(C)CNS(=O)(=O)c1cc(C(F)(F)F)ccc1C(F)(F)F. The van der Waals surface area contributed by atoms with Gasteiger partial charge >= 0.3 is 12.4 Å². The second kappa shape index (κ2) is 6.07. The fraction of sp³-hybridized carbons (Fsp3) is 0.500. The highest BCUT2D eigenvalue weighted by Gasteiger charge is 2.40. The lowest BCUT2D eigenvalue weighted by Gasteiger charge is -2.17. The summed E-state index contributed by atoms with van der Waals surface area (Å²) in [7, 11) is -4.72. The van der Waals surface area contributed by atoms with Gasteiger partial charge in [0.1, 0.15) is 0 Å². The third kappa shape index (κ3) is 4.60. The smallest absolute Gasteiger partial charge is 0.211 e. The van der Waals surface area contributed by atoms with Gasteiger partial charge in [0.2, 0.25) is 10.0 Å². The van der Waals surface area contributed by atoms with Crippen LogP contribution in [0.1, 0.15) is 25.0 Å². The fourth-order valence-corrected chi connectivity index (χ4v) is 2.97. The van der Waals surface area contributed by atoms with Crippen molar-refractivity contribution >= 4 is 10.0 Å². The minimum absolute atomic E-state index is 0.00845. The summed E-state index contributed by atoms with van der Waals surface area (Å²) in [5.74, 6) is -0.227. The van der Waals surface area contributed by atoms with Crippen LogP contribution < -0.4 is 4.72 Å². The van der Waals surface area contributed by atoms with E-state index in [9.17, 15) is 34.8 Å². The monoisotopic (exact) mass is 349 g/mol. The topological polar surface area (TPSA) is 46.2 Å². The molecule has 0 radical (unpaired) electrons. The summed E-state index contributed by atoms with van der Waals surface area (Å²) in [6.07, 6.45) is -10.0. The molecule has 1 rings (SSSR count). The van der Waals surface area contributed by atoms with E-state index in [1.807, 2.05) is 4.72 Å². The lowest BCUT2D eigenvalue weighted by Crippen LogP contribution is -2.30. The summed E-state index contributed by atoms with van der Waals surface area (Å²) < 4.78 is 102. The van der Waals surface area contributed by atoms with Gasteiger partial charge in [-0.25, -0.2) is 13.1 Å². The molecule has 0 atom stereocenters. The average Bonchev–Trinajstić information content (AvgIpc) is 2.33. The Kier molecular flexibility index (Phi) is 5.18. The molecule has 0 heterocycles. The molecule has 0 aliphatic heterocycles. The van der Waals surface area contributed by atoms with Crippen LogP contribution in [0.5, 0.6) is 0 Å². The van der Waals surface area contributed by atoms with E-state index in [4.69, 9.17) is 0 Å². The number of alkyl halides is 6. The molecule has 1 aromatic rings. The van der Waals surface area contributed by atoms with Crippen LogP contribution in [0, 0.1) is 5.92 Å². The first-order valence-corrected chi connectivity index (χ1v) is 7.51. The molecule has 3 nitrogen and oxygen atoms in total. The average molecular weight is 349 g/mol. The number of benzene rings is 1. The van der Waals surface area contributed by atoms with Crippen molar-refractivity contribution in [3.05, 3.63) is 29.3 Å². The first kappa shape index (κ1) is 18.8. The maximum absolute atomic E-state index is 12.8. The zero-order valence-corrected chi connectivity index (χ0v) is 12.3. The fourth-order valence-electron chi connectivity index (χ4n) is 1.51. The molecule has 0 saturated heterocycles. The molecule has 1 N–H and O–H groups in total. The zero-order valence-electron chi connectivity index (χ0n) is 11.5. The third-order valence-corrected chi connectivity index (χ3v) is 4.05. The van der Waals surface area contributed by atoms with Gasteiger partial charge in [0.05, 0.1) is 16.0 Å². The lowest BCUT2D eigenvalue weighted by molar-refractivity contribution is -0.143. The Morgan fingerprint density at radius 2 is 1.59 bits per heavy atom. The maximum Gasteiger partial charge on any atom is 0.417 e. The van der Waals surface area contributed by atoms with Crippen molar-refractivity contribution in [2.45, 2.75) is 31.1 Å². The minimum atomic E-state index is -5.09. The Labute approximate surface area is 123 Å². The van der Waals surface area contributed by atoms with Crippen LogP contribution in [0.25, 0.3) is 0 Å². The van der Waals surface area contributed by atoms with E-state index in [1.54, 1.807) is 13.8 Å². The van der Waals surface area contributed by atoms with Crippen LogP contribution in [-0.4, -0.2) is 15.0 Å². The molecule has 1 aromatic carbocycles. The summed E-state index contributed by atoms with van der Waals surface area (Å²) in [5.41, 5.74) is -3.11. The molecule has 0 aliphatic rings. The normalized spacial score (nSPS) is 13.7. The number of sulfonamides is 1. The molecule has 0 aromatic heterocycles. The van der Waals surface area contributed by atoms with Crippen LogP contribution in [0.15, 0.2) is 23.1 Å². The van der Waals surface area contributed by atoms with Gasteiger partial charge in [-0.15, -0.1) is 0 Å². The van der Waals surface area contributed by atoms with Crippen LogP contribution in [-0.2, 0) is 22.4 Å². The maximum atomic E-state index is 12.8. The second-order valence-electron chi connectivity index (χ2n) is 4.95. The number of nitrogens with one attached hydrogen (secondary N) is 1. The lowest BCUT2D eigenvalue weighted by atomic mass is 10.1. The van der Waals surface area contributed by atoms with Crippen LogP contribution in [0.3, 0.4) is 0 Å². The van der Waals surface area contributed by atoms with Crippen LogP contribution in [0.4, 0.5) is 26.3 Å². The van der Waals surface area contributed by atoms with Gasteiger partial charge in [-0.3, -0.25) is 0 Å². The van der Waals surface area contributed by atoms with Crippen molar-refractivity contribution in [2.75, 3.05) is 6.54 Å². The number of rotatable bonds is 4. The third-order valence-electron chi connectivity index (χ3n) is 2.59. The van der Waals surface area contributed by atoms with Crippen LogP contribution >= 0.6 is 0 Å². The molecule has 0 spiro atoms. The van der Waals surface area contributed by atoms with Gasteiger partial charge < -0.3 is 0 Å². The van der Waals surface area contributed by atoms with Gasteiger partial charge in [-0.2, -0.15) is 26.3 Å². The van der Waals surface area contributed by atoms with E-state index in [-0.39, 0.29) is 30.7 Å². The van der Waals surface area contributed by atoms with Gasteiger partial charge in [0, 0.05) is 6.54 Å². The highest BCUT2D eigenvalue weighted by Crippen LogP contribution is 2.38. The molecule has 0 fully saturated rings. The number of hydrogen-bond acceptors (Lipinski definition) is 2. The van der Waals surface area contributed by atoms with Crippen LogP contribution in [0.2, 0.25) is 0 Å². The van der Waals surface area contributed by atoms with Crippen molar-refractivity contribution in [1.29, 1.82) is 0 Å². The quantitative estimate of drug-likeness (QED) is 0.844. The number of hydrogen-bond donors (Lipinski definition) is 1. The Bertz CT molecular complexity index is 634. The Morgan fingerprint density at radius 1 is 1.05 bits per heavy atom. The molecule has 0 unspecified atom stereocenters. The molecule has 126 valence electrons. The summed E-state index contributed by atoms with van der Waals surface area (Å²) in [5, 5.41) is 0. The first-order chi connectivity index (χ1) is 9.75. The molecule has 0 amide bonds. The predicted octanol–water partition coefficient (Wildman–Crippen LogP) is 3.66. The molecular weight excluding hydrogens is 336 g/mol. The second-order valence-corrected chi connectivity index (χ2v) is 6.69. The highest BCUT2D eigenvalue weighted by atomic mass is 32.2.